The Balaban J connectivity index is 3.30. The number of carbonyl (C=O) groups is 2. The molecule has 0 fully saturated rings. The Kier molecular flexibility index (Phi) is 3.78. The molecule has 1 N–H and O–H groups in total. The van der Waals surface area contributed by atoms with E-state index in [0.29, 0.717) is 0 Å². The van der Waals surface area contributed by atoms with Gasteiger partial charge in [0.15, 0.2) is 5.78 Å². The van der Waals surface area contributed by atoms with E-state index in [1.54, 1.807) is 6.92 Å². The monoisotopic (exact) mass is 264 g/mol. The van der Waals surface area contributed by atoms with Crippen molar-refractivity contribution in [2.75, 3.05) is 7.11 Å². The largest absolute Gasteiger partial charge is 0.467 e. The van der Waals surface area contributed by atoms with Gasteiger partial charge in [-0.15, -0.1) is 11.6 Å². The zero-order valence-corrected chi connectivity index (χ0v) is 10.2. The van der Waals surface area contributed by atoms with Crippen molar-refractivity contribution in [2.45, 2.75) is 17.9 Å². The molecule has 0 unspecified atom stereocenters. The van der Waals surface area contributed by atoms with Gasteiger partial charge in [0.1, 0.15) is 5.38 Å². The third kappa shape index (κ3) is 1.77. The number of ketones is 1. The Morgan fingerprint density at radius 2 is 2.25 bits per heavy atom. The molecule has 1 aliphatic carbocycles. The lowest BCUT2D eigenvalue weighted by Gasteiger charge is -2.25. The van der Waals surface area contributed by atoms with Gasteiger partial charge >= 0.3 is 5.97 Å². The van der Waals surface area contributed by atoms with Gasteiger partial charge in [0.25, 0.3) is 0 Å². The van der Waals surface area contributed by atoms with E-state index in [-0.39, 0.29) is 10.6 Å². The zero-order valence-electron chi connectivity index (χ0n) is 8.66. The Morgan fingerprint density at radius 1 is 1.69 bits per heavy atom. The standard InChI is InChI=1S/C10H10Cl2O4/c1-3-6(11)5-4-7(13)8(12)10(5,15)9(14)16-2/h3-4,8,15H,1-2H3/b6-3-/t8-,10+/m0/s1. The zero-order chi connectivity index (χ0) is 12.5. The smallest absolute Gasteiger partial charge is 0.344 e. The van der Waals surface area contributed by atoms with E-state index in [2.05, 4.69) is 4.74 Å². The molecule has 0 amide bonds. The number of alkyl halides is 1. The molecule has 0 saturated heterocycles. The molecule has 0 bridgehead atoms. The maximum atomic E-state index is 11.5. The van der Waals surface area contributed by atoms with E-state index >= 15 is 0 Å². The molecule has 2 atom stereocenters. The molecular weight excluding hydrogens is 255 g/mol. The van der Waals surface area contributed by atoms with Crippen molar-refractivity contribution in [3.05, 3.63) is 22.8 Å². The van der Waals surface area contributed by atoms with Gasteiger partial charge in [0, 0.05) is 10.6 Å². The summed E-state index contributed by atoms with van der Waals surface area (Å²) in [5.41, 5.74) is -2.25. The Hall–Kier alpha value is -0.840. The number of allylic oxidation sites excluding steroid dienone is 2. The van der Waals surface area contributed by atoms with Gasteiger partial charge in [0.05, 0.1) is 7.11 Å². The van der Waals surface area contributed by atoms with E-state index in [0.717, 1.165) is 13.2 Å². The van der Waals surface area contributed by atoms with Crippen molar-refractivity contribution in [1.29, 1.82) is 0 Å². The van der Waals surface area contributed by atoms with E-state index in [1.165, 1.54) is 6.08 Å². The van der Waals surface area contributed by atoms with Crippen molar-refractivity contribution < 1.29 is 19.4 Å². The SMILES string of the molecule is C/C=C(\Cl)C1=CC(=O)[C@H](Cl)[C@@]1(O)C(=O)OC. The molecule has 0 heterocycles. The van der Waals surface area contributed by atoms with Crippen LogP contribution in [0.5, 0.6) is 0 Å². The highest BCUT2D eigenvalue weighted by molar-refractivity contribution is 6.40. The van der Waals surface area contributed by atoms with Gasteiger partial charge in [-0.2, -0.15) is 0 Å². The first-order valence-electron chi connectivity index (χ1n) is 4.42. The van der Waals surface area contributed by atoms with Crippen LogP contribution in [0.15, 0.2) is 22.8 Å². The number of ether oxygens (including phenoxy) is 1. The topological polar surface area (TPSA) is 63.6 Å². The lowest BCUT2D eigenvalue weighted by molar-refractivity contribution is -0.158. The van der Waals surface area contributed by atoms with Crippen molar-refractivity contribution in [3.8, 4) is 0 Å². The van der Waals surface area contributed by atoms with Crippen LogP contribution < -0.4 is 0 Å². The molecule has 88 valence electrons. The van der Waals surface area contributed by atoms with Crippen LogP contribution in [0.25, 0.3) is 0 Å². The number of methoxy groups -OCH3 is 1. The van der Waals surface area contributed by atoms with E-state index < -0.39 is 22.7 Å². The summed E-state index contributed by atoms with van der Waals surface area (Å²) in [6.07, 6.45) is 2.50. The molecule has 0 aromatic rings. The second-order valence-electron chi connectivity index (χ2n) is 3.22. The average molecular weight is 265 g/mol. The van der Waals surface area contributed by atoms with Gasteiger partial charge in [-0.1, -0.05) is 17.7 Å². The number of hydrogen-bond donors (Lipinski definition) is 1. The molecule has 1 aliphatic rings. The molecular formula is C10H10Cl2O4. The highest BCUT2D eigenvalue weighted by Gasteiger charge is 2.55. The van der Waals surface area contributed by atoms with Crippen LogP contribution in [0.2, 0.25) is 0 Å². The number of hydrogen-bond acceptors (Lipinski definition) is 4. The van der Waals surface area contributed by atoms with E-state index in [4.69, 9.17) is 23.2 Å². The summed E-state index contributed by atoms with van der Waals surface area (Å²) >= 11 is 11.5. The van der Waals surface area contributed by atoms with Crippen molar-refractivity contribution in [1.82, 2.24) is 0 Å². The molecule has 16 heavy (non-hydrogen) atoms. The van der Waals surface area contributed by atoms with Crippen molar-refractivity contribution >= 4 is 35.0 Å². The summed E-state index contributed by atoms with van der Waals surface area (Å²) in [5, 5.41) is 8.81. The minimum absolute atomic E-state index is 0.0338. The molecule has 0 aromatic carbocycles. The van der Waals surface area contributed by atoms with E-state index in [9.17, 15) is 14.7 Å². The van der Waals surface area contributed by atoms with Crippen LogP contribution in [0.1, 0.15) is 6.92 Å². The van der Waals surface area contributed by atoms with Gasteiger partial charge in [-0.3, -0.25) is 4.79 Å². The van der Waals surface area contributed by atoms with Gasteiger partial charge in [0.2, 0.25) is 5.60 Å². The molecule has 1 rings (SSSR count). The highest BCUT2D eigenvalue weighted by atomic mass is 35.5. The summed E-state index contributed by atoms with van der Waals surface area (Å²) in [4.78, 5) is 22.9. The van der Waals surface area contributed by atoms with Gasteiger partial charge < -0.3 is 9.84 Å². The van der Waals surface area contributed by atoms with E-state index in [1.807, 2.05) is 0 Å². The fraction of sp³-hybridized carbons (Fsp3) is 0.400. The molecule has 0 radical (unpaired) electrons. The number of carbonyl (C=O) groups excluding carboxylic acids is 2. The maximum Gasteiger partial charge on any atom is 0.344 e. The normalized spacial score (nSPS) is 30.3. The summed E-state index contributed by atoms with van der Waals surface area (Å²) < 4.78 is 4.43. The molecule has 0 aliphatic heterocycles. The number of esters is 1. The van der Waals surface area contributed by atoms with Crippen molar-refractivity contribution in [2.24, 2.45) is 0 Å². The molecule has 4 nitrogen and oxygen atoms in total. The quantitative estimate of drug-likeness (QED) is 0.601. The van der Waals surface area contributed by atoms with Crippen LogP contribution in [-0.4, -0.2) is 34.9 Å². The first-order valence-corrected chi connectivity index (χ1v) is 5.24. The molecule has 0 spiro atoms. The summed E-state index contributed by atoms with van der Waals surface area (Å²) in [5.74, 6) is -1.59. The summed E-state index contributed by atoms with van der Waals surface area (Å²) in [6, 6.07) is 0. The maximum absolute atomic E-state index is 11.5. The average Bonchev–Trinajstić information content (AvgIpc) is 2.52. The minimum atomic E-state index is -2.21. The van der Waals surface area contributed by atoms with Crippen LogP contribution in [0.3, 0.4) is 0 Å². The summed E-state index contributed by atoms with van der Waals surface area (Å²) in [6.45, 7) is 1.60. The van der Waals surface area contributed by atoms with Gasteiger partial charge in [-0.05, 0) is 13.0 Å². The fourth-order valence-electron chi connectivity index (χ4n) is 1.44. The first kappa shape index (κ1) is 13.2. The van der Waals surface area contributed by atoms with Gasteiger partial charge in [-0.25, -0.2) is 4.79 Å². The lowest BCUT2D eigenvalue weighted by atomic mass is 9.94. The van der Waals surface area contributed by atoms with Crippen LogP contribution in [0.4, 0.5) is 0 Å². The second-order valence-corrected chi connectivity index (χ2v) is 4.06. The first-order chi connectivity index (χ1) is 7.39. The Morgan fingerprint density at radius 3 is 2.69 bits per heavy atom. The number of halogens is 2. The third-order valence-corrected chi connectivity index (χ3v) is 3.27. The molecule has 6 heteroatoms. The lowest BCUT2D eigenvalue weighted by Crippen LogP contribution is -2.48. The van der Waals surface area contributed by atoms with Crippen LogP contribution >= 0.6 is 23.2 Å². The molecule has 0 saturated carbocycles. The third-order valence-electron chi connectivity index (χ3n) is 2.32. The predicted molar refractivity (Wildman–Crippen MR) is 59.3 cm³/mol. The van der Waals surface area contributed by atoms with Crippen LogP contribution in [0, 0.1) is 0 Å². The Labute approximate surface area is 102 Å². The second kappa shape index (κ2) is 4.57. The van der Waals surface area contributed by atoms with Crippen molar-refractivity contribution in [3.63, 3.8) is 0 Å². The Bertz CT molecular complexity index is 400. The number of aliphatic hydroxyl groups is 1. The highest BCUT2D eigenvalue weighted by Crippen LogP contribution is 2.39. The fourth-order valence-corrected chi connectivity index (χ4v) is 1.91. The minimum Gasteiger partial charge on any atom is -0.467 e. The number of rotatable bonds is 2. The van der Waals surface area contributed by atoms with Crippen LogP contribution in [-0.2, 0) is 14.3 Å². The molecule has 0 aromatic heterocycles. The summed E-state index contributed by atoms with van der Waals surface area (Å²) in [7, 11) is 1.09. The predicted octanol–water partition coefficient (Wildman–Crippen LogP) is 1.15.